The van der Waals surface area contributed by atoms with Crippen molar-refractivity contribution in [3.05, 3.63) is 30.3 Å². The monoisotopic (exact) mass is 166 g/mol. The van der Waals surface area contributed by atoms with Gasteiger partial charge in [-0.2, -0.15) is 0 Å². The minimum absolute atomic E-state index is 0.284. The predicted octanol–water partition coefficient (Wildman–Crippen LogP) is 1.84. The van der Waals surface area contributed by atoms with Crippen molar-refractivity contribution >= 4 is 0 Å². The topological polar surface area (TPSA) is 29.5 Å². The van der Waals surface area contributed by atoms with Gasteiger partial charge in [-0.05, 0) is 19.1 Å². The van der Waals surface area contributed by atoms with Crippen LogP contribution >= 0.6 is 0 Å². The molecule has 1 aromatic rings. The van der Waals surface area contributed by atoms with Crippen LogP contribution in [0.2, 0.25) is 0 Å². The lowest BCUT2D eigenvalue weighted by Gasteiger charge is -2.06. The van der Waals surface area contributed by atoms with Crippen LogP contribution in [0.25, 0.3) is 0 Å². The second kappa shape index (κ2) is 4.78. The highest BCUT2D eigenvalue weighted by Gasteiger charge is 1.95. The quantitative estimate of drug-likeness (QED) is 0.739. The predicted molar refractivity (Wildman–Crippen MR) is 48.2 cm³/mol. The maximum Gasteiger partial charge on any atom is 0.119 e. The lowest BCUT2D eigenvalue weighted by Crippen LogP contribution is -2.07. The van der Waals surface area contributed by atoms with E-state index in [0.717, 1.165) is 5.75 Å². The van der Waals surface area contributed by atoms with E-state index >= 15 is 0 Å². The number of para-hydroxylation sites is 1. The fourth-order valence-electron chi connectivity index (χ4n) is 0.864. The number of hydrogen-bond donors (Lipinski definition) is 1. The van der Waals surface area contributed by atoms with Crippen molar-refractivity contribution in [2.45, 2.75) is 19.4 Å². The normalized spacial score (nSPS) is 12.5. The Kier molecular flexibility index (Phi) is 3.61. The van der Waals surface area contributed by atoms with Crippen LogP contribution in [0, 0.1) is 0 Å². The van der Waals surface area contributed by atoms with Crippen molar-refractivity contribution in [3.63, 3.8) is 0 Å². The molecule has 0 bridgehead atoms. The van der Waals surface area contributed by atoms with E-state index in [1.54, 1.807) is 6.92 Å². The van der Waals surface area contributed by atoms with E-state index in [0.29, 0.717) is 13.0 Å². The standard InChI is InChI=1S/C10H14O2/c1-9(11)7-8-12-10-5-3-2-4-6-10/h2-6,9,11H,7-8H2,1H3/t9-/m1/s1. The van der Waals surface area contributed by atoms with Crippen LogP contribution in [0.4, 0.5) is 0 Å². The van der Waals surface area contributed by atoms with Crippen LogP contribution in [-0.2, 0) is 0 Å². The molecule has 0 aliphatic heterocycles. The molecule has 1 rings (SSSR count). The Balaban J connectivity index is 2.25. The first-order chi connectivity index (χ1) is 5.79. The maximum atomic E-state index is 8.95. The zero-order valence-corrected chi connectivity index (χ0v) is 7.23. The van der Waals surface area contributed by atoms with E-state index in [1.165, 1.54) is 0 Å². The van der Waals surface area contributed by atoms with Crippen molar-refractivity contribution in [2.24, 2.45) is 0 Å². The van der Waals surface area contributed by atoms with Crippen molar-refractivity contribution in [2.75, 3.05) is 6.61 Å². The average molecular weight is 166 g/mol. The first-order valence-electron chi connectivity index (χ1n) is 4.15. The molecule has 0 fully saturated rings. The summed E-state index contributed by atoms with van der Waals surface area (Å²) in [5.74, 6) is 0.859. The molecule has 12 heavy (non-hydrogen) atoms. The number of rotatable bonds is 4. The molecule has 2 heteroatoms. The second-order valence-corrected chi connectivity index (χ2v) is 2.80. The van der Waals surface area contributed by atoms with Crippen LogP contribution in [0.5, 0.6) is 5.75 Å². The zero-order valence-electron chi connectivity index (χ0n) is 7.23. The lowest BCUT2D eigenvalue weighted by atomic mass is 10.3. The summed E-state index contributed by atoms with van der Waals surface area (Å²) in [5.41, 5.74) is 0. The summed E-state index contributed by atoms with van der Waals surface area (Å²) in [6.07, 6.45) is 0.392. The molecule has 0 aromatic heterocycles. The minimum Gasteiger partial charge on any atom is -0.493 e. The number of hydrogen-bond acceptors (Lipinski definition) is 2. The molecule has 0 amide bonds. The average Bonchev–Trinajstić information content (AvgIpc) is 2.05. The van der Waals surface area contributed by atoms with Gasteiger partial charge in [0.1, 0.15) is 5.75 Å². The van der Waals surface area contributed by atoms with E-state index in [-0.39, 0.29) is 6.10 Å². The van der Waals surface area contributed by atoms with Gasteiger partial charge in [-0.25, -0.2) is 0 Å². The van der Waals surface area contributed by atoms with Crippen LogP contribution in [0.3, 0.4) is 0 Å². The van der Waals surface area contributed by atoms with Gasteiger partial charge in [-0.15, -0.1) is 0 Å². The third kappa shape index (κ3) is 3.39. The first-order valence-corrected chi connectivity index (χ1v) is 4.15. The summed E-state index contributed by atoms with van der Waals surface area (Å²) in [7, 11) is 0. The highest BCUT2D eigenvalue weighted by atomic mass is 16.5. The molecular weight excluding hydrogens is 152 g/mol. The Morgan fingerprint density at radius 2 is 2.00 bits per heavy atom. The first kappa shape index (κ1) is 9.07. The molecule has 1 N–H and O–H groups in total. The molecule has 0 spiro atoms. The van der Waals surface area contributed by atoms with Gasteiger partial charge >= 0.3 is 0 Å². The van der Waals surface area contributed by atoms with Crippen molar-refractivity contribution < 1.29 is 9.84 Å². The molecule has 0 radical (unpaired) electrons. The van der Waals surface area contributed by atoms with E-state index in [2.05, 4.69) is 0 Å². The Morgan fingerprint density at radius 3 is 2.58 bits per heavy atom. The number of aliphatic hydroxyl groups is 1. The summed E-state index contributed by atoms with van der Waals surface area (Å²) in [6.45, 7) is 2.33. The molecule has 0 heterocycles. The van der Waals surface area contributed by atoms with Crippen molar-refractivity contribution in [3.8, 4) is 5.75 Å². The van der Waals surface area contributed by atoms with Gasteiger partial charge in [0.25, 0.3) is 0 Å². The number of ether oxygens (including phenoxy) is 1. The van der Waals surface area contributed by atoms with Crippen LogP contribution < -0.4 is 4.74 Å². The molecule has 1 aromatic carbocycles. The van der Waals surface area contributed by atoms with E-state index in [4.69, 9.17) is 9.84 Å². The van der Waals surface area contributed by atoms with Gasteiger partial charge in [0.15, 0.2) is 0 Å². The van der Waals surface area contributed by atoms with Crippen LogP contribution in [-0.4, -0.2) is 17.8 Å². The Morgan fingerprint density at radius 1 is 1.33 bits per heavy atom. The maximum absolute atomic E-state index is 8.95. The molecule has 0 unspecified atom stereocenters. The summed E-state index contributed by atoms with van der Waals surface area (Å²) in [5, 5.41) is 8.95. The number of benzene rings is 1. The molecular formula is C10H14O2. The largest absolute Gasteiger partial charge is 0.493 e. The lowest BCUT2D eigenvalue weighted by molar-refractivity contribution is 0.155. The molecule has 2 nitrogen and oxygen atoms in total. The minimum atomic E-state index is -0.284. The van der Waals surface area contributed by atoms with E-state index in [1.807, 2.05) is 30.3 Å². The highest BCUT2D eigenvalue weighted by Crippen LogP contribution is 2.08. The summed E-state index contributed by atoms with van der Waals surface area (Å²) >= 11 is 0. The zero-order chi connectivity index (χ0) is 8.81. The Bertz CT molecular complexity index is 206. The van der Waals surface area contributed by atoms with Gasteiger partial charge in [0, 0.05) is 6.42 Å². The molecule has 0 aliphatic carbocycles. The molecule has 0 saturated heterocycles. The van der Waals surface area contributed by atoms with Gasteiger partial charge in [-0.3, -0.25) is 0 Å². The van der Waals surface area contributed by atoms with Gasteiger partial charge < -0.3 is 9.84 Å². The van der Waals surface area contributed by atoms with Gasteiger partial charge in [0.2, 0.25) is 0 Å². The third-order valence-electron chi connectivity index (χ3n) is 1.55. The van der Waals surface area contributed by atoms with E-state index < -0.39 is 0 Å². The number of aliphatic hydroxyl groups excluding tert-OH is 1. The fourth-order valence-corrected chi connectivity index (χ4v) is 0.864. The Labute approximate surface area is 72.8 Å². The van der Waals surface area contributed by atoms with Crippen LogP contribution in [0.15, 0.2) is 30.3 Å². The highest BCUT2D eigenvalue weighted by molar-refractivity contribution is 5.20. The smallest absolute Gasteiger partial charge is 0.119 e. The molecule has 1 atom stereocenters. The van der Waals surface area contributed by atoms with E-state index in [9.17, 15) is 0 Å². The van der Waals surface area contributed by atoms with Crippen LogP contribution in [0.1, 0.15) is 13.3 Å². The fraction of sp³-hybridized carbons (Fsp3) is 0.400. The van der Waals surface area contributed by atoms with Gasteiger partial charge in [-0.1, -0.05) is 18.2 Å². The Hall–Kier alpha value is -1.02. The van der Waals surface area contributed by atoms with Gasteiger partial charge in [0.05, 0.1) is 12.7 Å². The molecule has 66 valence electrons. The van der Waals surface area contributed by atoms with Crippen molar-refractivity contribution in [1.82, 2.24) is 0 Å². The third-order valence-corrected chi connectivity index (χ3v) is 1.55. The summed E-state index contributed by atoms with van der Waals surface area (Å²) in [4.78, 5) is 0. The molecule has 0 aliphatic rings. The second-order valence-electron chi connectivity index (χ2n) is 2.80. The molecule has 0 saturated carbocycles. The summed E-state index contributed by atoms with van der Waals surface area (Å²) in [6, 6.07) is 9.61. The van der Waals surface area contributed by atoms with Crippen molar-refractivity contribution in [1.29, 1.82) is 0 Å². The SMILES string of the molecule is C[C@@H](O)CCOc1ccccc1. The summed E-state index contributed by atoms with van der Waals surface area (Å²) < 4.78 is 5.36.